The summed E-state index contributed by atoms with van der Waals surface area (Å²) in [7, 11) is 0. The first kappa shape index (κ1) is 7.42. The van der Waals surface area contributed by atoms with E-state index in [2.05, 4.69) is 15.2 Å². The average molecular weight is 166 g/mol. The highest BCUT2D eigenvalue weighted by molar-refractivity contribution is 5.29. The second-order valence-corrected chi connectivity index (χ2v) is 2.83. The van der Waals surface area contributed by atoms with Crippen LogP contribution >= 0.6 is 0 Å². The molecule has 1 aliphatic rings. The summed E-state index contributed by atoms with van der Waals surface area (Å²) in [5.74, 6) is 0.606. The predicted octanol–water partition coefficient (Wildman–Crippen LogP) is -0.557. The van der Waals surface area contributed by atoms with Crippen LogP contribution in [-0.2, 0) is 0 Å². The molecule has 1 atom stereocenters. The van der Waals surface area contributed by atoms with Crippen molar-refractivity contribution in [3.63, 3.8) is 0 Å². The van der Waals surface area contributed by atoms with Gasteiger partial charge >= 0.3 is 0 Å². The standard InChI is InChI=1S/C7H10N4O/c12-6-1-4-11(5-6)7-8-2-3-9-10-7/h2-3,6,12H,1,4-5H2/t6-/m0/s1. The van der Waals surface area contributed by atoms with Gasteiger partial charge in [-0.15, -0.1) is 5.10 Å². The molecule has 0 unspecified atom stereocenters. The van der Waals surface area contributed by atoms with Gasteiger partial charge in [0.2, 0.25) is 5.95 Å². The first-order valence-corrected chi connectivity index (χ1v) is 3.93. The summed E-state index contributed by atoms with van der Waals surface area (Å²) in [4.78, 5) is 5.96. The number of hydrogen-bond donors (Lipinski definition) is 1. The Bertz CT molecular complexity index is 253. The fourth-order valence-electron chi connectivity index (χ4n) is 1.31. The maximum atomic E-state index is 9.24. The Morgan fingerprint density at radius 3 is 3.00 bits per heavy atom. The predicted molar refractivity (Wildman–Crippen MR) is 42.7 cm³/mol. The lowest BCUT2D eigenvalue weighted by atomic mass is 10.3. The largest absolute Gasteiger partial charge is 0.391 e. The van der Waals surface area contributed by atoms with Crippen LogP contribution in [0.25, 0.3) is 0 Å². The molecule has 1 N–H and O–H groups in total. The molecule has 1 saturated heterocycles. The normalized spacial score (nSPS) is 23.1. The van der Waals surface area contributed by atoms with E-state index < -0.39 is 0 Å². The Labute approximate surface area is 70.1 Å². The second kappa shape index (κ2) is 3.02. The third-order valence-corrected chi connectivity index (χ3v) is 1.92. The molecule has 1 aromatic heterocycles. The van der Waals surface area contributed by atoms with Crippen molar-refractivity contribution in [2.75, 3.05) is 18.0 Å². The van der Waals surface area contributed by atoms with Crippen LogP contribution in [0.3, 0.4) is 0 Å². The Hall–Kier alpha value is -1.23. The molecular formula is C7H10N4O. The molecule has 0 radical (unpaired) electrons. The highest BCUT2D eigenvalue weighted by Crippen LogP contribution is 2.13. The van der Waals surface area contributed by atoms with E-state index in [0.29, 0.717) is 12.5 Å². The molecule has 0 amide bonds. The molecular weight excluding hydrogens is 156 g/mol. The summed E-state index contributed by atoms with van der Waals surface area (Å²) in [6.07, 6.45) is 3.69. The summed E-state index contributed by atoms with van der Waals surface area (Å²) in [6, 6.07) is 0. The smallest absolute Gasteiger partial charge is 0.245 e. The molecule has 2 rings (SSSR count). The quantitative estimate of drug-likeness (QED) is 0.606. The van der Waals surface area contributed by atoms with Crippen LogP contribution in [0, 0.1) is 0 Å². The van der Waals surface area contributed by atoms with E-state index in [1.54, 1.807) is 6.20 Å². The van der Waals surface area contributed by atoms with Crippen molar-refractivity contribution >= 4 is 5.95 Å². The molecule has 64 valence electrons. The van der Waals surface area contributed by atoms with E-state index in [1.165, 1.54) is 6.20 Å². The molecule has 1 aliphatic heterocycles. The lowest BCUT2D eigenvalue weighted by Crippen LogP contribution is -2.23. The van der Waals surface area contributed by atoms with Crippen molar-refractivity contribution in [1.29, 1.82) is 0 Å². The highest BCUT2D eigenvalue weighted by atomic mass is 16.3. The maximum Gasteiger partial charge on any atom is 0.245 e. The van der Waals surface area contributed by atoms with E-state index in [0.717, 1.165) is 13.0 Å². The zero-order chi connectivity index (χ0) is 8.39. The Kier molecular flexibility index (Phi) is 1.87. The zero-order valence-electron chi connectivity index (χ0n) is 6.59. The van der Waals surface area contributed by atoms with Crippen LogP contribution in [0.5, 0.6) is 0 Å². The number of nitrogens with zero attached hydrogens (tertiary/aromatic N) is 4. The summed E-state index contributed by atoms with van der Waals surface area (Å²) in [6.45, 7) is 1.43. The molecule has 2 heterocycles. The SMILES string of the molecule is O[C@H]1CCN(c2nccnn2)C1. The molecule has 0 saturated carbocycles. The lowest BCUT2D eigenvalue weighted by Gasteiger charge is -2.12. The fourth-order valence-corrected chi connectivity index (χ4v) is 1.31. The Morgan fingerprint density at radius 2 is 2.42 bits per heavy atom. The van der Waals surface area contributed by atoms with Gasteiger partial charge in [0, 0.05) is 13.1 Å². The summed E-state index contributed by atoms with van der Waals surface area (Å²) < 4.78 is 0. The minimum Gasteiger partial charge on any atom is -0.391 e. The van der Waals surface area contributed by atoms with Gasteiger partial charge in [-0.25, -0.2) is 4.98 Å². The van der Waals surface area contributed by atoms with Crippen LogP contribution in [0.1, 0.15) is 6.42 Å². The number of aromatic nitrogens is 3. The van der Waals surface area contributed by atoms with Gasteiger partial charge in [-0.1, -0.05) is 0 Å². The molecule has 12 heavy (non-hydrogen) atoms. The van der Waals surface area contributed by atoms with E-state index in [1.807, 2.05) is 4.90 Å². The van der Waals surface area contributed by atoms with E-state index in [-0.39, 0.29) is 6.10 Å². The molecule has 0 aliphatic carbocycles. The van der Waals surface area contributed by atoms with Crippen molar-refractivity contribution in [3.05, 3.63) is 12.4 Å². The van der Waals surface area contributed by atoms with E-state index >= 15 is 0 Å². The van der Waals surface area contributed by atoms with Crippen LogP contribution in [0.15, 0.2) is 12.4 Å². The average Bonchev–Trinajstić information content (AvgIpc) is 2.54. The van der Waals surface area contributed by atoms with Crippen LogP contribution in [0.4, 0.5) is 5.95 Å². The number of aliphatic hydroxyl groups excluding tert-OH is 1. The summed E-state index contributed by atoms with van der Waals surface area (Å²) >= 11 is 0. The van der Waals surface area contributed by atoms with Gasteiger partial charge in [0.15, 0.2) is 0 Å². The van der Waals surface area contributed by atoms with Crippen molar-refractivity contribution in [2.45, 2.75) is 12.5 Å². The second-order valence-electron chi connectivity index (χ2n) is 2.83. The number of hydrogen-bond acceptors (Lipinski definition) is 5. The Morgan fingerprint density at radius 1 is 1.50 bits per heavy atom. The first-order valence-electron chi connectivity index (χ1n) is 3.93. The van der Waals surface area contributed by atoms with Gasteiger partial charge < -0.3 is 10.0 Å². The molecule has 1 fully saturated rings. The van der Waals surface area contributed by atoms with Crippen molar-refractivity contribution in [3.8, 4) is 0 Å². The van der Waals surface area contributed by atoms with Crippen molar-refractivity contribution in [1.82, 2.24) is 15.2 Å². The zero-order valence-corrected chi connectivity index (χ0v) is 6.59. The van der Waals surface area contributed by atoms with Crippen molar-refractivity contribution < 1.29 is 5.11 Å². The van der Waals surface area contributed by atoms with Crippen LogP contribution in [0.2, 0.25) is 0 Å². The lowest BCUT2D eigenvalue weighted by molar-refractivity contribution is 0.198. The van der Waals surface area contributed by atoms with Gasteiger partial charge in [0.25, 0.3) is 0 Å². The Balaban J connectivity index is 2.11. The van der Waals surface area contributed by atoms with Gasteiger partial charge in [0.1, 0.15) is 0 Å². The minimum atomic E-state index is -0.242. The van der Waals surface area contributed by atoms with Gasteiger partial charge in [-0.3, -0.25) is 0 Å². The van der Waals surface area contributed by atoms with E-state index in [4.69, 9.17) is 0 Å². The fraction of sp³-hybridized carbons (Fsp3) is 0.571. The topological polar surface area (TPSA) is 62.1 Å². The molecule has 1 aromatic rings. The molecule has 0 aromatic carbocycles. The summed E-state index contributed by atoms with van der Waals surface area (Å²) in [5.41, 5.74) is 0. The maximum absolute atomic E-state index is 9.24. The molecule has 0 bridgehead atoms. The third-order valence-electron chi connectivity index (χ3n) is 1.92. The number of anilines is 1. The van der Waals surface area contributed by atoms with Crippen molar-refractivity contribution in [2.24, 2.45) is 0 Å². The minimum absolute atomic E-state index is 0.242. The number of rotatable bonds is 1. The summed E-state index contributed by atoms with van der Waals surface area (Å²) in [5, 5.41) is 16.8. The van der Waals surface area contributed by atoms with Crippen LogP contribution < -0.4 is 4.90 Å². The first-order chi connectivity index (χ1) is 5.86. The van der Waals surface area contributed by atoms with E-state index in [9.17, 15) is 5.11 Å². The third kappa shape index (κ3) is 1.35. The monoisotopic (exact) mass is 166 g/mol. The molecule has 5 heteroatoms. The molecule has 0 spiro atoms. The van der Waals surface area contributed by atoms with Gasteiger partial charge in [-0.2, -0.15) is 5.10 Å². The van der Waals surface area contributed by atoms with Crippen LogP contribution in [-0.4, -0.2) is 39.5 Å². The number of aliphatic hydroxyl groups is 1. The van der Waals surface area contributed by atoms with Gasteiger partial charge in [-0.05, 0) is 6.42 Å². The molecule has 5 nitrogen and oxygen atoms in total. The van der Waals surface area contributed by atoms with Gasteiger partial charge in [0.05, 0.1) is 18.5 Å². The highest BCUT2D eigenvalue weighted by Gasteiger charge is 2.21. The number of β-amino-alcohol motifs (C(OH)–C–C–N with tert-alkyl or cyclic N) is 1.